The zero-order valence-corrected chi connectivity index (χ0v) is 12.3. The third-order valence-corrected chi connectivity index (χ3v) is 3.97. The first-order chi connectivity index (χ1) is 10.3. The van der Waals surface area contributed by atoms with Crippen molar-refractivity contribution >= 4 is 5.78 Å². The van der Waals surface area contributed by atoms with Gasteiger partial charge in [0.25, 0.3) is 0 Å². The number of carbonyl (C=O) groups is 1. The minimum absolute atomic E-state index is 0.141. The fourth-order valence-electron chi connectivity index (χ4n) is 2.52. The molecule has 21 heavy (non-hydrogen) atoms. The molecule has 0 unspecified atom stereocenters. The summed E-state index contributed by atoms with van der Waals surface area (Å²) in [4.78, 5) is 12.1. The Kier molecular flexibility index (Phi) is 4.88. The Morgan fingerprint density at radius 3 is 2.43 bits per heavy atom. The zero-order valence-electron chi connectivity index (χ0n) is 12.3. The maximum atomic E-state index is 12.1. The highest BCUT2D eigenvalue weighted by molar-refractivity contribution is 5.96. The third kappa shape index (κ3) is 4.55. The molecule has 4 heteroatoms. The predicted molar refractivity (Wildman–Crippen MR) is 80.9 cm³/mol. The molecule has 114 valence electrons. The normalized spacial score (nSPS) is 19.4. The number of benzene rings is 1. The summed E-state index contributed by atoms with van der Waals surface area (Å²) < 4.78 is 11.5. The van der Waals surface area contributed by atoms with E-state index in [1.165, 1.54) is 0 Å². The fourth-order valence-corrected chi connectivity index (χ4v) is 2.52. The Morgan fingerprint density at radius 2 is 1.76 bits per heavy atom. The van der Waals surface area contributed by atoms with Crippen LogP contribution in [0.15, 0.2) is 24.3 Å². The summed E-state index contributed by atoms with van der Waals surface area (Å²) in [6.07, 6.45) is 5.54. The lowest BCUT2D eigenvalue weighted by molar-refractivity contribution is 0.0313. The number of hydrogen-bond donors (Lipinski definition) is 1. The van der Waals surface area contributed by atoms with Gasteiger partial charge in [-0.2, -0.15) is 0 Å². The van der Waals surface area contributed by atoms with Crippen LogP contribution in [-0.4, -0.2) is 37.7 Å². The van der Waals surface area contributed by atoms with Crippen LogP contribution in [0.2, 0.25) is 0 Å². The van der Waals surface area contributed by atoms with Crippen molar-refractivity contribution in [1.82, 2.24) is 5.32 Å². The topological polar surface area (TPSA) is 47.6 Å². The van der Waals surface area contributed by atoms with Crippen LogP contribution in [0.1, 0.15) is 42.5 Å². The van der Waals surface area contributed by atoms with Gasteiger partial charge in [-0.05, 0) is 63.0 Å². The first-order valence-corrected chi connectivity index (χ1v) is 7.93. The zero-order chi connectivity index (χ0) is 14.5. The third-order valence-electron chi connectivity index (χ3n) is 3.97. The maximum Gasteiger partial charge on any atom is 0.165 e. The molecule has 0 aromatic heterocycles. The van der Waals surface area contributed by atoms with Gasteiger partial charge < -0.3 is 14.8 Å². The van der Waals surface area contributed by atoms with Gasteiger partial charge in [0.2, 0.25) is 0 Å². The quantitative estimate of drug-likeness (QED) is 0.784. The van der Waals surface area contributed by atoms with Gasteiger partial charge in [0.15, 0.2) is 5.78 Å². The van der Waals surface area contributed by atoms with Crippen LogP contribution in [0.3, 0.4) is 0 Å². The monoisotopic (exact) mass is 289 g/mol. The average molecular weight is 289 g/mol. The summed E-state index contributed by atoms with van der Waals surface area (Å²) in [7, 11) is 0. The Hall–Kier alpha value is -1.39. The molecule has 1 saturated carbocycles. The second-order valence-corrected chi connectivity index (χ2v) is 5.83. The summed E-state index contributed by atoms with van der Waals surface area (Å²) in [6, 6.07) is 7.48. The molecule has 1 aromatic rings. The minimum atomic E-state index is 0.141. The van der Waals surface area contributed by atoms with Gasteiger partial charge in [0.05, 0.1) is 18.8 Å². The summed E-state index contributed by atoms with van der Waals surface area (Å²) >= 11 is 0. The minimum Gasteiger partial charge on any atom is -0.490 e. The highest BCUT2D eigenvalue weighted by Gasteiger charge is 2.23. The number of carbonyl (C=O) groups excluding carboxylic acids is 1. The van der Waals surface area contributed by atoms with Crippen LogP contribution < -0.4 is 10.1 Å². The smallest absolute Gasteiger partial charge is 0.165 e. The van der Waals surface area contributed by atoms with Crippen LogP contribution in [-0.2, 0) is 4.74 Å². The summed E-state index contributed by atoms with van der Waals surface area (Å²) in [5, 5.41) is 3.30. The van der Waals surface area contributed by atoms with Gasteiger partial charge in [-0.15, -0.1) is 0 Å². The molecule has 1 saturated heterocycles. The first-order valence-electron chi connectivity index (χ1n) is 7.93. The largest absolute Gasteiger partial charge is 0.490 e. The van der Waals surface area contributed by atoms with Crippen molar-refractivity contribution in [3.8, 4) is 5.75 Å². The van der Waals surface area contributed by atoms with Crippen molar-refractivity contribution < 1.29 is 14.3 Å². The van der Waals surface area contributed by atoms with Crippen molar-refractivity contribution in [1.29, 1.82) is 0 Å². The Labute approximate surface area is 125 Å². The molecule has 2 fully saturated rings. The molecule has 0 atom stereocenters. The summed E-state index contributed by atoms with van der Waals surface area (Å²) in [5.74, 6) is 1.00. The number of ether oxygens (including phenoxy) is 2. The van der Waals surface area contributed by atoms with Gasteiger partial charge in [-0.1, -0.05) is 0 Å². The van der Waals surface area contributed by atoms with Gasteiger partial charge in [-0.25, -0.2) is 0 Å². The predicted octanol–water partition coefficient (Wildman–Crippen LogP) is 2.57. The average Bonchev–Trinajstić information content (AvgIpc) is 3.33. The van der Waals surface area contributed by atoms with Gasteiger partial charge >= 0.3 is 0 Å². The molecule has 1 aliphatic heterocycles. The Balaban J connectivity index is 1.41. The first kappa shape index (κ1) is 14.5. The Morgan fingerprint density at radius 1 is 1.05 bits per heavy atom. The highest BCUT2D eigenvalue weighted by atomic mass is 16.5. The molecule has 4 nitrogen and oxygen atoms in total. The van der Waals surface area contributed by atoms with Crippen LogP contribution in [0.4, 0.5) is 0 Å². The van der Waals surface area contributed by atoms with E-state index >= 15 is 0 Å². The molecule has 3 rings (SSSR count). The van der Waals surface area contributed by atoms with E-state index in [2.05, 4.69) is 5.32 Å². The van der Waals surface area contributed by atoms with E-state index in [1.54, 1.807) is 0 Å². The molecule has 0 spiro atoms. The molecule has 1 aliphatic carbocycles. The lowest BCUT2D eigenvalue weighted by Crippen LogP contribution is -2.32. The lowest BCUT2D eigenvalue weighted by Gasteiger charge is -2.22. The summed E-state index contributed by atoms with van der Waals surface area (Å²) in [6.45, 7) is 2.55. The van der Waals surface area contributed by atoms with E-state index in [1.807, 2.05) is 24.3 Å². The van der Waals surface area contributed by atoms with E-state index in [0.29, 0.717) is 25.2 Å². The Bertz CT molecular complexity index is 461. The molecule has 1 aromatic carbocycles. The molecule has 0 amide bonds. The highest BCUT2D eigenvalue weighted by Crippen LogP contribution is 2.26. The molecule has 1 N–H and O–H groups in total. The molecule has 2 aliphatic rings. The maximum absolute atomic E-state index is 12.1. The molecule has 0 radical (unpaired) electrons. The SMILES string of the molecule is O=C(CCOC1CCNCC1)c1ccc(OC2CC2)cc1. The van der Waals surface area contributed by atoms with Crippen molar-refractivity contribution in [2.45, 2.75) is 44.3 Å². The van der Waals surface area contributed by atoms with Crippen molar-refractivity contribution in [3.05, 3.63) is 29.8 Å². The number of hydrogen-bond acceptors (Lipinski definition) is 4. The molecular formula is C17H23NO3. The van der Waals surface area contributed by atoms with Crippen LogP contribution in [0, 0.1) is 0 Å². The standard InChI is InChI=1S/C17H23NO3/c19-17(9-12-20-14-7-10-18-11-8-14)13-1-3-15(4-2-13)21-16-5-6-16/h1-4,14,16,18H,5-12H2. The van der Waals surface area contributed by atoms with E-state index in [0.717, 1.165) is 50.1 Å². The van der Waals surface area contributed by atoms with Gasteiger partial charge in [0.1, 0.15) is 5.75 Å². The molecule has 0 bridgehead atoms. The van der Waals surface area contributed by atoms with Crippen molar-refractivity contribution in [3.63, 3.8) is 0 Å². The number of Topliss-reactive ketones (excluding diaryl/α,β-unsaturated/α-hetero) is 1. The van der Waals surface area contributed by atoms with Crippen molar-refractivity contribution in [2.24, 2.45) is 0 Å². The van der Waals surface area contributed by atoms with E-state index in [4.69, 9.17) is 9.47 Å². The number of nitrogens with one attached hydrogen (secondary N) is 1. The van der Waals surface area contributed by atoms with Crippen LogP contribution in [0.5, 0.6) is 5.75 Å². The number of ketones is 1. The molecule has 1 heterocycles. The number of piperidine rings is 1. The lowest BCUT2D eigenvalue weighted by atomic mass is 10.1. The van der Waals surface area contributed by atoms with Gasteiger partial charge in [-0.3, -0.25) is 4.79 Å². The second-order valence-electron chi connectivity index (χ2n) is 5.83. The molecular weight excluding hydrogens is 266 g/mol. The van der Waals surface area contributed by atoms with E-state index < -0.39 is 0 Å². The van der Waals surface area contributed by atoms with Crippen LogP contribution in [0.25, 0.3) is 0 Å². The fraction of sp³-hybridized carbons (Fsp3) is 0.588. The summed E-state index contributed by atoms with van der Waals surface area (Å²) in [5.41, 5.74) is 0.743. The van der Waals surface area contributed by atoms with E-state index in [-0.39, 0.29) is 5.78 Å². The van der Waals surface area contributed by atoms with Gasteiger partial charge in [0, 0.05) is 12.0 Å². The van der Waals surface area contributed by atoms with E-state index in [9.17, 15) is 4.79 Å². The van der Waals surface area contributed by atoms with Crippen LogP contribution >= 0.6 is 0 Å². The second kappa shape index (κ2) is 7.05. The number of rotatable bonds is 7. The van der Waals surface area contributed by atoms with Crippen molar-refractivity contribution in [2.75, 3.05) is 19.7 Å².